The lowest BCUT2D eigenvalue weighted by molar-refractivity contribution is -0.159. The Morgan fingerprint density at radius 3 is 2.95 bits per heavy atom. The summed E-state index contributed by atoms with van der Waals surface area (Å²) in [6, 6.07) is 1.23. The summed E-state index contributed by atoms with van der Waals surface area (Å²) in [5.74, 6) is -1.26. The average Bonchev–Trinajstić information content (AvgIpc) is 2.68. The largest absolute Gasteiger partial charge is 0.330 e. The van der Waals surface area contributed by atoms with Gasteiger partial charge in [0, 0.05) is 31.0 Å². The van der Waals surface area contributed by atoms with E-state index in [0.717, 1.165) is 0 Å². The molecule has 0 saturated carbocycles. The second-order valence-corrected chi connectivity index (χ2v) is 5.19. The number of nitrogens with one attached hydrogen (secondary N) is 1. The Kier molecular flexibility index (Phi) is 4.15. The zero-order valence-electron chi connectivity index (χ0n) is 10.6. The molecule has 2 unspecified atom stereocenters. The molecule has 3 atom stereocenters. The predicted molar refractivity (Wildman–Crippen MR) is 72.2 cm³/mol. The number of thiol groups is 1. The Labute approximate surface area is 115 Å². The van der Waals surface area contributed by atoms with Crippen LogP contribution >= 0.6 is 12.6 Å². The summed E-state index contributed by atoms with van der Waals surface area (Å²) in [6.07, 6.45) is 1.76. The second-order valence-electron chi connectivity index (χ2n) is 4.74. The Hall–Kier alpha value is -1.08. The van der Waals surface area contributed by atoms with Crippen LogP contribution in [0.3, 0.4) is 0 Å². The molecule has 1 aromatic heterocycles. The van der Waals surface area contributed by atoms with Gasteiger partial charge < -0.3 is 4.74 Å². The van der Waals surface area contributed by atoms with Crippen LogP contribution in [0, 0.1) is 5.92 Å². The zero-order chi connectivity index (χ0) is 14.0. The molecule has 0 radical (unpaired) electrons. The van der Waals surface area contributed by atoms with E-state index in [2.05, 4.69) is 17.6 Å². The van der Waals surface area contributed by atoms with Crippen LogP contribution in [0.1, 0.15) is 32.4 Å². The van der Waals surface area contributed by atoms with Gasteiger partial charge in [-0.15, -0.1) is 0 Å². The lowest BCUT2D eigenvalue weighted by Crippen LogP contribution is -2.34. The number of alkyl halides is 1. The van der Waals surface area contributed by atoms with Crippen LogP contribution in [0.15, 0.2) is 21.9 Å². The standard InChI is InChI=1S/C12H17FN2O3S/c1-2-12(13)7-8(4-6-19)10(18-12)15-5-3-9(16)14-11(15)17/h3,5,8,10,19H,2,4,6-7H2,1H3,(H,14,16,17)/t8?,10?,12-/m1/s1. The third-order valence-corrected chi connectivity index (χ3v) is 3.71. The van der Waals surface area contributed by atoms with E-state index in [1.165, 1.54) is 16.8 Å². The molecule has 1 aliphatic heterocycles. The minimum absolute atomic E-state index is 0.133. The number of aromatic nitrogens is 2. The van der Waals surface area contributed by atoms with Crippen LogP contribution in [0.5, 0.6) is 0 Å². The highest BCUT2D eigenvalue weighted by Gasteiger charge is 2.46. The van der Waals surface area contributed by atoms with Gasteiger partial charge in [-0.1, -0.05) is 6.92 Å². The minimum atomic E-state index is -1.71. The summed E-state index contributed by atoms with van der Waals surface area (Å²) in [6.45, 7) is 1.70. The summed E-state index contributed by atoms with van der Waals surface area (Å²) in [4.78, 5) is 25.0. The normalized spacial score (nSPS) is 30.7. The first-order valence-corrected chi connectivity index (χ1v) is 6.91. The van der Waals surface area contributed by atoms with Crippen molar-refractivity contribution in [3.63, 3.8) is 0 Å². The summed E-state index contributed by atoms with van der Waals surface area (Å²) < 4.78 is 21.0. The van der Waals surface area contributed by atoms with Gasteiger partial charge in [0.2, 0.25) is 5.85 Å². The van der Waals surface area contributed by atoms with Crippen molar-refractivity contribution in [2.45, 2.75) is 38.3 Å². The molecule has 0 spiro atoms. The third kappa shape index (κ3) is 2.92. The summed E-state index contributed by atoms with van der Waals surface area (Å²) >= 11 is 4.15. The van der Waals surface area contributed by atoms with E-state index >= 15 is 0 Å². The quantitative estimate of drug-likeness (QED) is 0.825. The van der Waals surface area contributed by atoms with E-state index in [9.17, 15) is 14.0 Å². The molecule has 1 N–H and O–H groups in total. The summed E-state index contributed by atoms with van der Waals surface area (Å²) in [7, 11) is 0. The second kappa shape index (κ2) is 5.50. The Bertz CT molecular complexity index is 558. The average molecular weight is 288 g/mol. The first-order chi connectivity index (χ1) is 8.99. The molecular weight excluding hydrogens is 271 g/mol. The Morgan fingerprint density at radius 1 is 1.63 bits per heavy atom. The van der Waals surface area contributed by atoms with Crippen molar-refractivity contribution in [2.75, 3.05) is 5.75 Å². The monoisotopic (exact) mass is 288 g/mol. The highest BCUT2D eigenvalue weighted by Crippen LogP contribution is 2.44. The van der Waals surface area contributed by atoms with Crippen molar-refractivity contribution in [2.24, 2.45) is 5.92 Å². The molecule has 0 aromatic carbocycles. The number of hydrogen-bond donors (Lipinski definition) is 2. The first-order valence-electron chi connectivity index (χ1n) is 6.28. The maximum Gasteiger partial charge on any atom is 0.330 e. The molecule has 1 aliphatic rings. The first kappa shape index (κ1) is 14.3. The molecule has 2 heterocycles. The van der Waals surface area contributed by atoms with Gasteiger partial charge >= 0.3 is 5.69 Å². The maximum atomic E-state index is 14.3. The zero-order valence-corrected chi connectivity index (χ0v) is 11.5. The maximum absolute atomic E-state index is 14.3. The molecule has 19 heavy (non-hydrogen) atoms. The van der Waals surface area contributed by atoms with Crippen molar-refractivity contribution in [1.29, 1.82) is 0 Å². The van der Waals surface area contributed by atoms with E-state index in [1.807, 2.05) is 0 Å². The van der Waals surface area contributed by atoms with Gasteiger partial charge in [-0.25, -0.2) is 9.18 Å². The molecule has 1 aromatic rings. The van der Waals surface area contributed by atoms with E-state index < -0.39 is 23.3 Å². The number of hydrogen-bond acceptors (Lipinski definition) is 4. The van der Waals surface area contributed by atoms with E-state index in [0.29, 0.717) is 12.2 Å². The number of nitrogens with zero attached hydrogens (tertiary/aromatic N) is 1. The Morgan fingerprint density at radius 2 is 2.37 bits per heavy atom. The SMILES string of the molecule is CC[C@]1(F)CC(CCS)C(n2ccc(=O)[nH]c2=O)O1. The van der Waals surface area contributed by atoms with Crippen LogP contribution in [-0.2, 0) is 4.74 Å². The van der Waals surface area contributed by atoms with E-state index in [-0.39, 0.29) is 18.8 Å². The molecule has 0 aliphatic carbocycles. The molecule has 106 valence electrons. The molecule has 5 nitrogen and oxygen atoms in total. The van der Waals surface area contributed by atoms with Gasteiger partial charge in [0.15, 0.2) is 0 Å². The topological polar surface area (TPSA) is 64.1 Å². The van der Waals surface area contributed by atoms with Crippen molar-refractivity contribution in [3.8, 4) is 0 Å². The third-order valence-electron chi connectivity index (χ3n) is 3.46. The van der Waals surface area contributed by atoms with Gasteiger partial charge in [-0.05, 0) is 12.2 Å². The fourth-order valence-electron chi connectivity index (χ4n) is 2.40. The van der Waals surface area contributed by atoms with Crippen LogP contribution in [0.4, 0.5) is 4.39 Å². The molecule has 0 amide bonds. The van der Waals surface area contributed by atoms with Crippen LogP contribution in [-0.4, -0.2) is 21.2 Å². The molecule has 2 rings (SSSR count). The molecule has 1 fully saturated rings. The smallest absolute Gasteiger partial charge is 0.321 e. The van der Waals surface area contributed by atoms with Gasteiger partial charge in [0.05, 0.1) is 0 Å². The number of rotatable bonds is 4. The highest BCUT2D eigenvalue weighted by molar-refractivity contribution is 7.80. The van der Waals surface area contributed by atoms with Crippen molar-refractivity contribution in [3.05, 3.63) is 33.1 Å². The summed E-state index contributed by atoms with van der Waals surface area (Å²) in [5, 5.41) is 0. The fourth-order valence-corrected chi connectivity index (χ4v) is 2.73. The van der Waals surface area contributed by atoms with Crippen LogP contribution in [0.2, 0.25) is 0 Å². The van der Waals surface area contributed by atoms with Crippen molar-refractivity contribution >= 4 is 12.6 Å². The Balaban J connectivity index is 2.35. The van der Waals surface area contributed by atoms with Gasteiger partial charge in [-0.3, -0.25) is 14.3 Å². The van der Waals surface area contributed by atoms with Gasteiger partial charge in [0.1, 0.15) is 6.23 Å². The van der Waals surface area contributed by atoms with E-state index in [1.54, 1.807) is 6.92 Å². The van der Waals surface area contributed by atoms with Gasteiger partial charge in [-0.2, -0.15) is 12.6 Å². The molecule has 0 bridgehead atoms. The summed E-state index contributed by atoms with van der Waals surface area (Å²) in [5.41, 5.74) is -1.06. The molecule has 7 heteroatoms. The molecular formula is C12H17FN2O3S. The number of ether oxygens (including phenoxy) is 1. The number of H-pyrrole nitrogens is 1. The molecule has 1 saturated heterocycles. The van der Waals surface area contributed by atoms with Crippen LogP contribution < -0.4 is 11.2 Å². The number of halogens is 1. The lowest BCUT2D eigenvalue weighted by atomic mass is 9.98. The highest BCUT2D eigenvalue weighted by atomic mass is 32.1. The van der Waals surface area contributed by atoms with Crippen LogP contribution in [0.25, 0.3) is 0 Å². The van der Waals surface area contributed by atoms with Gasteiger partial charge in [0.25, 0.3) is 5.56 Å². The minimum Gasteiger partial charge on any atom is -0.321 e. The van der Waals surface area contributed by atoms with Crippen molar-refractivity contribution < 1.29 is 9.13 Å². The number of aromatic amines is 1. The fraction of sp³-hybridized carbons (Fsp3) is 0.667. The predicted octanol–water partition coefficient (Wildman–Crippen LogP) is 1.47. The lowest BCUT2D eigenvalue weighted by Gasteiger charge is -2.20. The van der Waals surface area contributed by atoms with Crippen molar-refractivity contribution in [1.82, 2.24) is 9.55 Å². The van der Waals surface area contributed by atoms with E-state index in [4.69, 9.17) is 4.74 Å².